The standard InChI is InChI=1S/C17H28BNO4/c1-3-4-5-12-23-15-9-6-14(7-10-15)8-11-17(21)16(13-20)19-18-22-2/h6-11,16-21H,3-5,12-13H2,1-2H3/b11-8+/t16-,17+/m1/s1. The highest BCUT2D eigenvalue weighted by Crippen LogP contribution is 2.14. The summed E-state index contributed by atoms with van der Waals surface area (Å²) in [6.45, 7) is 2.74. The number of benzene rings is 1. The monoisotopic (exact) mass is 321 g/mol. The summed E-state index contributed by atoms with van der Waals surface area (Å²) in [5.41, 5.74) is 0.966. The van der Waals surface area contributed by atoms with E-state index < -0.39 is 12.1 Å². The number of aliphatic hydroxyl groups excluding tert-OH is 2. The van der Waals surface area contributed by atoms with E-state index in [1.165, 1.54) is 12.8 Å². The molecule has 0 aliphatic carbocycles. The molecule has 6 heteroatoms. The minimum atomic E-state index is -0.792. The van der Waals surface area contributed by atoms with Crippen molar-refractivity contribution in [2.45, 2.75) is 38.3 Å². The summed E-state index contributed by atoms with van der Waals surface area (Å²) in [4.78, 5) is 0. The molecule has 0 saturated carbocycles. The van der Waals surface area contributed by atoms with E-state index in [4.69, 9.17) is 9.39 Å². The van der Waals surface area contributed by atoms with Crippen molar-refractivity contribution in [2.24, 2.45) is 0 Å². The van der Waals surface area contributed by atoms with Crippen LogP contribution in [0, 0.1) is 0 Å². The smallest absolute Gasteiger partial charge is 0.360 e. The van der Waals surface area contributed by atoms with E-state index in [9.17, 15) is 10.2 Å². The molecular formula is C17H28BNO4. The van der Waals surface area contributed by atoms with Gasteiger partial charge in [-0.1, -0.05) is 44.1 Å². The molecule has 1 aromatic rings. The fourth-order valence-electron chi connectivity index (χ4n) is 2.04. The minimum absolute atomic E-state index is 0.167. The lowest BCUT2D eigenvalue weighted by molar-refractivity contribution is 0.134. The van der Waals surface area contributed by atoms with Crippen LogP contribution in [0.2, 0.25) is 0 Å². The van der Waals surface area contributed by atoms with Crippen molar-refractivity contribution >= 4 is 13.7 Å². The van der Waals surface area contributed by atoms with Gasteiger partial charge in [0.25, 0.3) is 0 Å². The maximum atomic E-state index is 10.0. The Hall–Kier alpha value is -1.34. The Morgan fingerprint density at radius 3 is 2.61 bits per heavy atom. The third-order valence-corrected chi connectivity index (χ3v) is 3.48. The molecule has 0 saturated heterocycles. The third-order valence-electron chi connectivity index (χ3n) is 3.48. The Bertz CT molecular complexity index is 439. The molecule has 0 radical (unpaired) electrons. The van der Waals surface area contributed by atoms with Crippen molar-refractivity contribution in [3.8, 4) is 5.75 Å². The lowest BCUT2D eigenvalue weighted by Crippen LogP contribution is -2.44. The van der Waals surface area contributed by atoms with E-state index in [1.807, 2.05) is 30.3 Å². The van der Waals surface area contributed by atoms with Gasteiger partial charge in [0.2, 0.25) is 0 Å². The fourth-order valence-corrected chi connectivity index (χ4v) is 2.04. The van der Waals surface area contributed by atoms with Crippen LogP contribution in [0.5, 0.6) is 5.75 Å². The first kappa shape index (κ1) is 19.7. The summed E-state index contributed by atoms with van der Waals surface area (Å²) in [6.07, 6.45) is 6.12. The second kappa shape index (κ2) is 12.1. The summed E-state index contributed by atoms with van der Waals surface area (Å²) >= 11 is 0. The SMILES string of the molecule is CCCCCOc1ccc(/C=C/[C@H](O)[C@@H](CO)NBOC)cc1. The summed E-state index contributed by atoms with van der Waals surface area (Å²) in [7, 11) is 1.83. The molecule has 3 N–H and O–H groups in total. The van der Waals surface area contributed by atoms with Crippen LogP contribution in [0.3, 0.4) is 0 Å². The van der Waals surface area contributed by atoms with E-state index >= 15 is 0 Å². The molecule has 0 spiro atoms. The summed E-state index contributed by atoms with van der Waals surface area (Å²) < 4.78 is 10.5. The highest BCUT2D eigenvalue weighted by Gasteiger charge is 2.14. The van der Waals surface area contributed by atoms with Gasteiger partial charge >= 0.3 is 7.62 Å². The van der Waals surface area contributed by atoms with E-state index in [0.717, 1.165) is 24.3 Å². The zero-order valence-corrected chi connectivity index (χ0v) is 14.1. The molecule has 0 amide bonds. The molecule has 1 rings (SSSR count). The summed E-state index contributed by atoms with van der Waals surface area (Å²) in [6, 6.07) is 7.27. The Kier molecular flexibility index (Phi) is 10.4. The Morgan fingerprint density at radius 1 is 1.26 bits per heavy atom. The summed E-state index contributed by atoms with van der Waals surface area (Å²) in [5.74, 6) is 0.855. The lowest BCUT2D eigenvalue weighted by atomic mass is 10.1. The first-order valence-electron chi connectivity index (χ1n) is 8.13. The second-order valence-electron chi connectivity index (χ2n) is 5.40. The van der Waals surface area contributed by atoms with Crippen LogP contribution < -0.4 is 9.96 Å². The lowest BCUT2D eigenvalue weighted by Gasteiger charge is -2.18. The molecule has 0 aromatic heterocycles. The fraction of sp³-hybridized carbons (Fsp3) is 0.529. The Labute approximate surface area is 139 Å². The number of nitrogens with one attached hydrogen (secondary N) is 1. The first-order chi connectivity index (χ1) is 11.2. The first-order valence-corrected chi connectivity index (χ1v) is 8.13. The van der Waals surface area contributed by atoms with E-state index in [0.29, 0.717) is 0 Å². The van der Waals surface area contributed by atoms with Crippen molar-refractivity contribution in [1.29, 1.82) is 0 Å². The van der Waals surface area contributed by atoms with Crippen molar-refractivity contribution < 1.29 is 19.6 Å². The van der Waals surface area contributed by atoms with Gasteiger partial charge in [-0.25, -0.2) is 0 Å². The normalized spacial score (nSPS) is 13.9. The molecule has 2 atom stereocenters. The quantitative estimate of drug-likeness (QED) is 0.402. The van der Waals surface area contributed by atoms with Gasteiger partial charge in [-0.15, -0.1) is 0 Å². The minimum Gasteiger partial charge on any atom is -0.494 e. The van der Waals surface area contributed by atoms with Gasteiger partial charge in [0, 0.05) is 7.11 Å². The highest BCUT2D eigenvalue weighted by molar-refractivity contribution is 6.23. The van der Waals surface area contributed by atoms with Gasteiger partial charge < -0.3 is 24.8 Å². The molecule has 0 aliphatic heterocycles. The second-order valence-corrected chi connectivity index (χ2v) is 5.40. The predicted octanol–water partition coefficient (Wildman–Crippen LogP) is 1.49. The molecule has 0 fully saturated rings. The number of unbranched alkanes of at least 4 members (excludes halogenated alkanes) is 2. The average Bonchev–Trinajstić information content (AvgIpc) is 2.58. The zero-order chi connectivity index (χ0) is 16.9. The number of hydrogen-bond acceptors (Lipinski definition) is 5. The predicted molar refractivity (Wildman–Crippen MR) is 94.7 cm³/mol. The van der Waals surface area contributed by atoms with Gasteiger partial charge in [-0.2, -0.15) is 0 Å². The van der Waals surface area contributed by atoms with E-state index in [-0.39, 0.29) is 14.2 Å². The number of ether oxygens (including phenoxy) is 1. The highest BCUT2D eigenvalue weighted by atomic mass is 16.5. The maximum absolute atomic E-state index is 10.0. The van der Waals surface area contributed by atoms with E-state index in [2.05, 4.69) is 12.2 Å². The van der Waals surface area contributed by atoms with Crippen LogP contribution in [0.4, 0.5) is 0 Å². The van der Waals surface area contributed by atoms with Crippen LogP contribution >= 0.6 is 0 Å². The van der Waals surface area contributed by atoms with Crippen LogP contribution in [0.25, 0.3) is 6.08 Å². The van der Waals surface area contributed by atoms with Crippen molar-refractivity contribution in [2.75, 3.05) is 20.3 Å². The molecule has 23 heavy (non-hydrogen) atoms. The third kappa shape index (κ3) is 8.18. The molecule has 128 valence electrons. The molecule has 1 aromatic carbocycles. The molecule has 0 heterocycles. The van der Waals surface area contributed by atoms with Crippen molar-refractivity contribution in [3.05, 3.63) is 35.9 Å². The van der Waals surface area contributed by atoms with Gasteiger partial charge in [0.1, 0.15) is 5.75 Å². The number of aliphatic hydroxyl groups is 2. The van der Waals surface area contributed by atoms with Gasteiger partial charge in [0.05, 0.1) is 25.4 Å². The topological polar surface area (TPSA) is 71.0 Å². The van der Waals surface area contributed by atoms with Crippen molar-refractivity contribution in [1.82, 2.24) is 5.23 Å². The number of hydrogen-bond donors (Lipinski definition) is 3. The molecule has 0 aliphatic rings. The van der Waals surface area contributed by atoms with Crippen LogP contribution in [0.15, 0.2) is 30.3 Å². The Balaban J connectivity index is 2.46. The van der Waals surface area contributed by atoms with Gasteiger partial charge in [-0.3, -0.25) is 0 Å². The maximum Gasteiger partial charge on any atom is 0.360 e. The molecule has 5 nitrogen and oxygen atoms in total. The van der Waals surface area contributed by atoms with E-state index in [1.54, 1.807) is 13.2 Å². The zero-order valence-electron chi connectivity index (χ0n) is 14.1. The molecule has 0 unspecified atom stereocenters. The molecular weight excluding hydrogens is 293 g/mol. The van der Waals surface area contributed by atoms with Crippen LogP contribution in [-0.2, 0) is 4.65 Å². The Morgan fingerprint density at radius 2 is 2.00 bits per heavy atom. The molecule has 0 bridgehead atoms. The van der Waals surface area contributed by atoms with Crippen LogP contribution in [0.1, 0.15) is 31.7 Å². The van der Waals surface area contributed by atoms with Crippen LogP contribution in [-0.4, -0.2) is 50.3 Å². The largest absolute Gasteiger partial charge is 0.494 e. The number of rotatable bonds is 12. The van der Waals surface area contributed by atoms with Crippen molar-refractivity contribution in [3.63, 3.8) is 0 Å². The van der Waals surface area contributed by atoms with Gasteiger partial charge in [-0.05, 0) is 24.1 Å². The average molecular weight is 321 g/mol. The van der Waals surface area contributed by atoms with Gasteiger partial charge in [0.15, 0.2) is 0 Å². The summed E-state index contributed by atoms with van der Waals surface area (Å²) in [5, 5.41) is 22.2.